The molecule has 1 aromatic carbocycles. The van der Waals surface area contributed by atoms with Crippen molar-refractivity contribution in [2.75, 3.05) is 6.61 Å². The largest absolute Gasteiger partial charge is 0.494 e. The molecule has 0 fully saturated rings. The van der Waals surface area contributed by atoms with Crippen LogP contribution in [0.25, 0.3) is 32.0 Å². The van der Waals surface area contributed by atoms with Crippen LogP contribution in [0.15, 0.2) is 49.0 Å². The molecule has 0 aliphatic heterocycles. The van der Waals surface area contributed by atoms with Crippen molar-refractivity contribution in [2.45, 2.75) is 30.2 Å². The van der Waals surface area contributed by atoms with Crippen LogP contribution in [-0.4, -0.2) is 21.6 Å². The summed E-state index contributed by atoms with van der Waals surface area (Å²) in [7, 11) is 0. The summed E-state index contributed by atoms with van der Waals surface area (Å²) in [5.41, 5.74) is 1.77. The highest BCUT2D eigenvalue weighted by Crippen LogP contribution is 2.37. The summed E-state index contributed by atoms with van der Waals surface area (Å²) in [4.78, 5) is 26.5. The number of aromatic amines is 1. The van der Waals surface area contributed by atoms with Gasteiger partial charge in [-0.15, -0.1) is 22.7 Å². The summed E-state index contributed by atoms with van der Waals surface area (Å²) in [5.74, 6) is 1.81. The summed E-state index contributed by atoms with van der Waals surface area (Å²) < 4.78 is 13.5. The molecular formula is C21H17N3O3S3. The van der Waals surface area contributed by atoms with Crippen molar-refractivity contribution in [1.82, 2.24) is 15.0 Å². The van der Waals surface area contributed by atoms with Crippen LogP contribution in [0.5, 0.6) is 5.75 Å². The second-order valence-electron chi connectivity index (χ2n) is 6.64. The average Bonchev–Trinajstić information content (AvgIpc) is 3.40. The van der Waals surface area contributed by atoms with Crippen LogP contribution in [0.1, 0.15) is 17.4 Å². The molecule has 0 spiro atoms. The second kappa shape index (κ2) is 7.57. The quantitative estimate of drug-likeness (QED) is 0.349. The van der Waals surface area contributed by atoms with Crippen molar-refractivity contribution in [3.63, 3.8) is 0 Å². The summed E-state index contributed by atoms with van der Waals surface area (Å²) in [5, 5.41) is 1.35. The maximum Gasteiger partial charge on any atom is 0.260 e. The molecule has 6 nitrogen and oxygen atoms in total. The predicted molar refractivity (Wildman–Crippen MR) is 122 cm³/mol. The van der Waals surface area contributed by atoms with Crippen LogP contribution in [0.2, 0.25) is 0 Å². The average molecular weight is 456 g/mol. The number of hydrogen-bond donors (Lipinski definition) is 1. The molecule has 5 rings (SSSR count). The summed E-state index contributed by atoms with van der Waals surface area (Å²) >= 11 is 4.55. The lowest BCUT2D eigenvalue weighted by molar-refractivity contribution is 0.341. The molecule has 152 valence electrons. The first kappa shape index (κ1) is 19.3. The molecule has 0 atom stereocenters. The smallest absolute Gasteiger partial charge is 0.260 e. The number of furan rings is 1. The highest BCUT2D eigenvalue weighted by Gasteiger charge is 2.16. The van der Waals surface area contributed by atoms with Crippen LogP contribution in [0.3, 0.4) is 0 Å². The van der Waals surface area contributed by atoms with Crippen LogP contribution in [0.4, 0.5) is 0 Å². The van der Waals surface area contributed by atoms with Gasteiger partial charge in [-0.25, -0.2) is 9.97 Å². The molecule has 0 bridgehead atoms. The standard InChI is InChI=1S/C21H17N3O3S3/c1-4-26-12-5-6-13-15(9-12)29-21(22-13)30-16-8-7-14(27-16)18-23-19(25)17-10(2)11(3)28-20(17)24-18/h5-9H,4H2,1-3H3,(H,23,24,25). The third-order valence-corrected chi connectivity index (χ3v) is 7.79. The Hall–Kier alpha value is -2.62. The van der Waals surface area contributed by atoms with Crippen LogP contribution in [-0.2, 0) is 0 Å². The van der Waals surface area contributed by atoms with E-state index in [0.29, 0.717) is 28.7 Å². The SMILES string of the molecule is CCOc1ccc2nc(Sc3ccc(-c4nc5sc(C)c(C)c5c(=O)[nH]4)o3)sc2c1. The number of nitrogens with zero attached hydrogens (tertiary/aromatic N) is 2. The van der Waals surface area contributed by atoms with Gasteiger partial charge in [0, 0.05) is 4.88 Å². The van der Waals surface area contributed by atoms with E-state index in [1.54, 1.807) is 11.3 Å². The number of thiazole rings is 1. The first-order valence-electron chi connectivity index (χ1n) is 9.33. The number of benzene rings is 1. The Labute approximate surface area is 184 Å². The van der Waals surface area contributed by atoms with Crippen LogP contribution in [0, 0.1) is 13.8 Å². The molecule has 0 amide bonds. The molecule has 0 aliphatic carbocycles. The number of ether oxygens (including phenoxy) is 1. The number of rotatable bonds is 5. The monoisotopic (exact) mass is 455 g/mol. The van der Waals surface area contributed by atoms with E-state index in [1.165, 1.54) is 23.1 Å². The van der Waals surface area contributed by atoms with Gasteiger partial charge in [-0.3, -0.25) is 4.79 Å². The Bertz CT molecular complexity index is 1440. The van der Waals surface area contributed by atoms with Gasteiger partial charge >= 0.3 is 0 Å². The molecule has 0 saturated heterocycles. The van der Waals surface area contributed by atoms with E-state index in [4.69, 9.17) is 9.15 Å². The normalized spacial score (nSPS) is 11.6. The minimum atomic E-state index is -0.140. The highest BCUT2D eigenvalue weighted by molar-refractivity contribution is 8.01. The van der Waals surface area contributed by atoms with E-state index in [2.05, 4.69) is 15.0 Å². The van der Waals surface area contributed by atoms with Gasteiger partial charge in [0.2, 0.25) is 0 Å². The molecule has 0 saturated carbocycles. The fourth-order valence-corrected chi connectivity index (χ4v) is 6.17. The van der Waals surface area contributed by atoms with E-state index in [9.17, 15) is 4.79 Å². The van der Waals surface area contributed by atoms with Gasteiger partial charge in [0.15, 0.2) is 21.0 Å². The van der Waals surface area contributed by atoms with Gasteiger partial charge in [-0.2, -0.15) is 0 Å². The Morgan fingerprint density at radius 1 is 1.17 bits per heavy atom. The number of aromatic nitrogens is 3. The molecular weight excluding hydrogens is 438 g/mol. The number of thiophene rings is 1. The zero-order chi connectivity index (χ0) is 20.8. The van der Waals surface area contributed by atoms with E-state index < -0.39 is 0 Å². The fourth-order valence-electron chi connectivity index (χ4n) is 3.14. The van der Waals surface area contributed by atoms with Crippen LogP contribution >= 0.6 is 34.4 Å². The lowest BCUT2D eigenvalue weighted by Crippen LogP contribution is -2.08. The maximum absolute atomic E-state index is 12.5. The molecule has 4 aromatic heterocycles. The first-order chi connectivity index (χ1) is 14.5. The number of aryl methyl sites for hydroxylation is 2. The van der Waals surface area contributed by atoms with Crippen molar-refractivity contribution in [1.29, 1.82) is 0 Å². The molecule has 4 heterocycles. The number of H-pyrrole nitrogens is 1. The lowest BCUT2D eigenvalue weighted by atomic mass is 10.2. The van der Waals surface area contributed by atoms with Gasteiger partial charge in [-0.05, 0) is 68.4 Å². The van der Waals surface area contributed by atoms with E-state index >= 15 is 0 Å². The van der Waals surface area contributed by atoms with Crippen LogP contribution < -0.4 is 10.3 Å². The predicted octanol–water partition coefficient (Wildman–Crippen LogP) is 6.02. The van der Waals surface area contributed by atoms with Crippen molar-refractivity contribution in [3.8, 4) is 17.3 Å². The van der Waals surface area contributed by atoms with Crippen molar-refractivity contribution in [2.24, 2.45) is 0 Å². The molecule has 1 N–H and O–H groups in total. The molecule has 0 radical (unpaired) electrons. The van der Waals surface area contributed by atoms with E-state index in [0.717, 1.165) is 35.6 Å². The number of nitrogens with one attached hydrogen (secondary N) is 1. The van der Waals surface area contributed by atoms with Gasteiger partial charge < -0.3 is 14.1 Å². The Balaban J connectivity index is 1.44. The van der Waals surface area contributed by atoms with Crippen molar-refractivity contribution >= 4 is 54.9 Å². The van der Waals surface area contributed by atoms with E-state index in [-0.39, 0.29) is 5.56 Å². The third-order valence-electron chi connectivity index (χ3n) is 4.69. The Kier molecular flexibility index (Phi) is 4.88. The van der Waals surface area contributed by atoms with Gasteiger partial charge in [-0.1, -0.05) is 0 Å². The summed E-state index contributed by atoms with van der Waals surface area (Å²) in [6, 6.07) is 9.58. The first-order valence-corrected chi connectivity index (χ1v) is 11.8. The summed E-state index contributed by atoms with van der Waals surface area (Å²) in [6.45, 7) is 6.54. The Morgan fingerprint density at radius 3 is 2.87 bits per heavy atom. The minimum absolute atomic E-state index is 0.140. The zero-order valence-electron chi connectivity index (χ0n) is 16.4. The van der Waals surface area contributed by atoms with Gasteiger partial charge in [0.05, 0.1) is 22.2 Å². The van der Waals surface area contributed by atoms with Crippen molar-refractivity contribution in [3.05, 3.63) is 51.1 Å². The minimum Gasteiger partial charge on any atom is -0.494 e. The van der Waals surface area contributed by atoms with Gasteiger partial charge in [0.1, 0.15) is 10.6 Å². The van der Waals surface area contributed by atoms with Gasteiger partial charge in [0.25, 0.3) is 5.56 Å². The molecule has 0 unspecified atom stereocenters. The van der Waals surface area contributed by atoms with E-state index in [1.807, 2.05) is 51.1 Å². The van der Waals surface area contributed by atoms with Crippen molar-refractivity contribution < 1.29 is 9.15 Å². The lowest BCUT2D eigenvalue weighted by Gasteiger charge is -2.00. The fraction of sp³-hybridized carbons (Fsp3) is 0.190. The summed E-state index contributed by atoms with van der Waals surface area (Å²) in [6.07, 6.45) is 0. The molecule has 30 heavy (non-hydrogen) atoms. The molecule has 5 aromatic rings. The second-order valence-corrected chi connectivity index (χ2v) is 10.1. The molecule has 9 heteroatoms. The highest BCUT2D eigenvalue weighted by atomic mass is 32.2. The molecule has 0 aliphatic rings. The topological polar surface area (TPSA) is 81.0 Å². The zero-order valence-corrected chi connectivity index (χ0v) is 18.9. The maximum atomic E-state index is 12.5. The number of fused-ring (bicyclic) bond motifs is 2. The Morgan fingerprint density at radius 2 is 2.03 bits per heavy atom. The third kappa shape index (κ3) is 3.42. The number of hydrogen-bond acceptors (Lipinski definition) is 8.